The van der Waals surface area contributed by atoms with Crippen molar-refractivity contribution < 1.29 is 14.3 Å². The summed E-state index contributed by atoms with van der Waals surface area (Å²) in [6.07, 6.45) is 5.99. The van der Waals surface area contributed by atoms with Crippen LogP contribution in [0.5, 0.6) is 0 Å². The van der Waals surface area contributed by atoms with E-state index in [-0.39, 0.29) is 28.2 Å². The second-order valence-electron chi connectivity index (χ2n) is 10.2. The topological polar surface area (TPSA) is 176 Å². The van der Waals surface area contributed by atoms with Gasteiger partial charge in [0.1, 0.15) is 11.0 Å². The van der Waals surface area contributed by atoms with Gasteiger partial charge in [-0.25, -0.2) is 20.3 Å². The second-order valence-corrected chi connectivity index (χ2v) is 11.1. The predicted octanol–water partition coefficient (Wildman–Crippen LogP) is 3.96. The monoisotopic (exact) mass is 637 g/mol. The smallest absolute Gasteiger partial charge is 0.358 e. The number of rotatable bonds is 5. The second kappa shape index (κ2) is 12.9. The number of nitrogens with zero attached hydrogens (tertiary/aromatic N) is 6. The zero-order valence-corrected chi connectivity index (χ0v) is 25.3. The number of anilines is 2. The van der Waals surface area contributed by atoms with Crippen molar-refractivity contribution in [3.63, 3.8) is 0 Å². The Labute approximate surface area is 262 Å². The molecule has 0 aliphatic carbocycles. The lowest BCUT2D eigenvalue weighted by molar-refractivity contribution is -0.119. The molecule has 1 amide bonds. The Hall–Kier alpha value is -4.72. The lowest BCUT2D eigenvalue weighted by Crippen LogP contribution is -2.28. The number of ether oxygens (including phenoxy) is 1. The molecule has 15 heteroatoms. The number of benzene rings is 1. The number of methoxy groups -OCH3 is 1. The average molecular weight is 639 g/mol. The van der Waals surface area contributed by atoms with E-state index in [2.05, 4.69) is 20.4 Å². The number of hydrazine groups is 1. The van der Waals surface area contributed by atoms with E-state index in [1.54, 1.807) is 36.5 Å². The maximum absolute atomic E-state index is 13.7. The summed E-state index contributed by atoms with van der Waals surface area (Å²) in [5, 5.41) is 8.83. The molecule has 44 heavy (non-hydrogen) atoms. The molecule has 4 heterocycles. The van der Waals surface area contributed by atoms with Crippen molar-refractivity contribution in [2.75, 3.05) is 17.4 Å². The molecule has 0 fully saturated rings. The molecule has 1 aliphatic rings. The molecule has 4 aromatic rings. The number of amides is 1. The number of aromatic nitrogens is 5. The van der Waals surface area contributed by atoms with Crippen molar-refractivity contribution in [3.05, 3.63) is 93.1 Å². The van der Waals surface area contributed by atoms with Gasteiger partial charge in [0.2, 0.25) is 5.91 Å². The Morgan fingerprint density at radius 2 is 1.95 bits per heavy atom. The number of nitrogens with one attached hydrogen (secondary N) is 1. The molecule has 5 N–H and O–H groups in total. The van der Waals surface area contributed by atoms with Gasteiger partial charge in [-0.2, -0.15) is 5.10 Å². The zero-order chi connectivity index (χ0) is 31.5. The standard InChI is InChI=1S/C29H29Cl2N9O4/c1-16-4-3-5-24(21-11-18(8-9-34-21)40-26(36-28(16)42)12-22(37-40)29(43)44-2)38-15-35-20(13-27(38)41)19-10-17(30)6-7-23(19)39(33)14-25(31)32/h6-16,24H,3-5,32-33H2,1-2H3,(H,36,42)/b25-14-/t16-,24+/m1/s1. The Morgan fingerprint density at radius 1 is 1.16 bits per heavy atom. The maximum Gasteiger partial charge on any atom is 0.358 e. The number of nitrogens with two attached hydrogens (primary N) is 2. The van der Waals surface area contributed by atoms with Gasteiger partial charge in [0.15, 0.2) is 5.69 Å². The summed E-state index contributed by atoms with van der Waals surface area (Å²) in [4.78, 5) is 48.1. The van der Waals surface area contributed by atoms with E-state index in [0.717, 1.165) is 0 Å². The minimum Gasteiger partial charge on any atom is -0.464 e. The van der Waals surface area contributed by atoms with E-state index in [9.17, 15) is 14.4 Å². The van der Waals surface area contributed by atoms with Gasteiger partial charge in [0.25, 0.3) is 5.56 Å². The van der Waals surface area contributed by atoms with Crippen LogP contribution in [-0.2, 0) is 9.53 Å². The molecule has 5 rings (SSSR count). The molecular formula is C29H29Cl2N9O4. The van der Waals surface area contributed by atoms with Crippen LogP contribution in [0.3, 0.4) is 0 Å². The fourth-order valence-corrected chi connectivity index (χ4v) is 5.26. The van der Waals surface area contributed by atoms with Gasteiger partial charge in [-0.3, -0.25) is 24.1 Å². The van der Waals surface area contributed by atoms with E-state index in [0.29, 0.717) is 58.4 Å². The fourth-order valence-electron chi connectivity index (χ4n) is 4.98. The Bertz CT molecular complexity index is 1820. The number of carbonyl (C=O) groups is 2. The van der Waals surface area contributed by atoms with Crippen LogP contribution in [-0.4, -0.2) is 43.3 Å². The lowest BCUT2D eigenvalue weighted by Gasteiger charge is -2.23. The van der Waals surface area contributed by atoms with Crippen LogP contribution in [0.1, 0.15) is 48.4 Å². The molecule has 3 aromatic heterocycles. The Kier molecular flexibility index (Phi) is 8.99. The largest absolute Gasteiger partial charge is 0.464 e. The number of fused-ring (bicyclic) bond motifs is 4. The third-order valence-corrected chi connectivity index (χ3v) is 7.55. The Balaban J connectivity index is 1.59. The summed E-state index contributed by atoms with van der Waals surface area (Å²) in [5.74, 6) is 5.20. The molecule has 0 saturated carbocycles. The molecule has 1 aromatic carbocycles. The van der Waals surface area contributed by atoms with Gasteiger partial charge in [0.05, 0.1) is 48.4 Å². The van der Waals surface area contributed by atoms with E-state index in [1.165, 1.54) is 46.0 Å². The van der Waals surface area contributed by atoms with E-state index in [1.807, 2.05) is 6.92 Å². The number of pyridine rings is 1. The molecular weight excluding hydrogens is 609 g/mol. The minimum absolute atomic E-state index is 0.0249. The summed E-state index contributed by atoms with van der Waals surface area (Å²) < 4.78 is 7.76. The highest BCUT2D eigenvalue weighted by Crippen LogP contribution is 2.32. The van der Waals surface area contributed by atoms with Gasteiger partial charge < -0.3 is 15.8 Å². The van der Waals surface area contributed by atoms with Crippen molar-refractivity contribution >= 4 is 46.6 Å². The first-order valence-electron chi connectivity index (χ1n) is 13.6. The number of esters is 1. The molecule has 0 saturated heterocycles. The normalized spacial score (nSPS) is 17.1. The summed E-state index contributed by atoms with van der Waals surface area (Å²) in [6, 6.07) is 10.7. The average Bonchev–Trinajstić information content (AvgIpc) is 3.42. The van der Waals surface area contributed by atoms with Crippen LogP contribution < -0.4 is 27.5 Å². The van der Waals surface area contributed by atoms with Gasteiger partial charge in [0, 0.05) is 34.8 Å². The summed E-state index contributed by atoms with van der Waals surface area (Å²) >= 11 is 12.1. The summed E-state index contributed by atoms with van der Waals surface area (Å²) in [6.45, 7) is 1.81. The third kappa shape index (κ3) is 6.44. The quantitative estimate of drug-likeness (QED) is 0.126. The van der Waals surface area contributed by atoms with Crippen molar-refractivity contribution in [1.29, 1.82) is 0 Å². The van der Waals surface area contributed by atoms with Gasteiger partial charge in [-0.1, -0.05) is 36.5 Å². The van der Waals surface area contributed by atoms with Crippen LogP contribution >= 0.6 is 23.2 Å². The minimum atomic E-state index is -0.649. The van der Waals surface area contributed by atoms with E-state index < -0.39 is 12.0 Å². The van der Waals surface area contributed by atoms with Crippen LogP contribution in [0.4, 0.5) is 11.5 Å². The lowest BCUT2D eigenvalue weighted by atomic mass is 9.98. The van der Waals surface area contributed by atoms with Crippen molar-refractivity contribution in [1.82, 2.24) is 24.3 Å². The van der Waals surface area contributed by atoms with Gasteiger partial charge in [-0.05, 0) is 43.2 Å². The van der Waals surface area contributed by atoms with Crippen molar-refractivity contribution in [3.8, 4) is 16.9 Å². The first kappa shape index (κ1) is 30.7. The van der Waals surface area contributed by atoms with Crippen LogP contribution in [0.2, 0.25) is 5.02 Å². The highest BCUT2D eigenvalue weighted by molar-refractivity contribution is 6.31. The van der Waals surface area contributed by atoms with Crippen LogP contribution in [0.25, 0.3) is 16.9 Å². The SMILES string of the molecule is COC(=O)c1cc2n(n1)-c1ccnc(c1)[C@@H](n1cnc(-c3cc(Cl)ccc3N(N)/C=C(\N)Cl)cc1=O)CCC[C@@H](C)C(=O)N2. The van der Waals surface area contributed by atoms with Crippen LogP contribution in [0.15, 0.2) is 71.1 Å². The van der Waals surface area contributed by atoms with Crippen LogP contribution in [0, 0.1) is 5.92 Å². The molecule has 0 radical (unpaired) electrons. The van der Waals surface area contributed by atoms with Crippen molar-refractivity contribution in [2.24, 2.45) is 17.5 Å². The van der Waals surface area contributed by atoms with Gasteiger partial charge in [-0.15, -0.1) is 0 Å². The van der Waals surface area contributed by atoms with Crippen molar-refractivity contribution in [2.45, 2.75) is 32.2 Å². The molecule has 2 bridgehead atoms. The molecule has 13 nitrogen and oxygen atoms in total. The number of carbonyl (C=O) groups excluding carboxylic acids is 2. The first-order chi connectivity index (χ1) is 21.0. The molecule has 0 unspecified atom stereocenters. The summed E-state index contributed by atoms with van der Waals surface area (Å²) in [7, 11) is 1.25. The molecule has 2 atom stereocenters. The molecule has 0 spiro atoms. The summed E-state index contributed by atoms with van der Waals surface area (Å²) in [5.41, 5.74) is 7.64. The van der Waals surface area contributed by atoms with E-state index >= 15 is 0 Å². The van der Waals surface area contributed by atoms with E-state index in [4.69, 9.17) is 39.5 Å². The zero-order valence-electron chi connectivity index (χ0n) is 23.8. The highest BCUT2D eigenvalue weighted by atomic mass is 35.5. The predicted molar refractivity (Wildman–Crippen MR) is 166 cm³/mol. The fraction of sp³-hybridized carbons (Fsp3) is 0.241. The first-order valence-corrected chi connectivity index (χ1v) is 14.3. The molecule has 228 valence electrons. The number of hydrogen-bond donors (Lipinski definition) is 3. The molecule has 1 aliphatic heterocycles. The number of halogens is 2. The highest BCUT2D eigenvalue weighted by Gasteiger charge is 2.25. The number of hydrogen-bond acceptors (Lipinski definition) is 10. The van der Waals surface area contributed by atoms with Gasteiger partial charge >= 0.3 is 5.97 Å². The maximum atomic E-state index is 13.7. The Morgan fingerprint density at radius 3 is 2.68 bits per heavy atom. The third-order valence-electron chi connectivity index (χ3n) is 7.21.